The number of nitrogens with zero attached hydrogens (tertiary/aromatic N) is 2. The normalized spacial score (nSPS) is 19.2. The Morgan fingerprint density at radius 2 is 2.33 bits per heavy atom. The fraction of sp³-hybridized carbons (Fsp3) is 0.556. The van der Waals surface area contributed by atoms with Crippen LogP contribution in [0.3, 0.4) is 0 Å². The van der Waals surface area contributed by atoms with Crippen molar-refractivity contribution in [2.24, 2.45) is 7.05 Å². The van der Waals surface area contributed by atoms with Gasteiger partial charge < -0.3 is 0 Å². The van der Waals surface area contributed by atoms with Crippen LogP contribution in [0.4, 0.5) is 0 Å². The van der Waals surface area contributed by atoms with E-state index < -0.39 is 0 Å². The molecule has 12 heavy (non-hydrogen) atoms. The second-order valence-corrected chi connectivity index (χ2v) is 3.48. The maximum absolute atomic E-state index is 11.3. The Morgan fingerprint density at radius 3 is 2.67 bits per heavy atom. The highest BCUT2D eigenvalue weighted by Crippen LogP contribution is 2.48. The van der Waals surface area contributed by atoms with Gasteiger partial charge in [0.05, 0.1) is 11.1 Å². The molecule has 0 radical (unpaired) electrons. The first-order valence-electron chi connectivity index (χ1n) is 4.16. The molecule has 0 aromatic carbocycles. The van der Waals surface area contributed by atoms with Gasteiger partial charge in [0.25, 0.3) is 0 Å². The lowest BCUT2D eigenvalue weighted by molar-refractivity contribution is -0.119. The Kier molecular flexibility index (Phi) is 1.37. The molecule has 0 bridgehead atoms. The number of hydrogen-bond donors (Lipinski definition) is 0. The van der Waals surface area contributed by atoms with Crippen molar-refractivity contribution in [3.63, 3.8) is 0 Å². The van der Waals surface area contributed by atoms with Crippen LogP contribution in [0.1, 0.15) is 25.5 Å². The molecule has 3 heteroatoms. The molecule has 1 heterocycles. The van der Waals surface area contributed by atoms with Crippen LogP contribution in [0.2, 0.25) is 0 Å². The summed E-state index contributed by atoms with van der Waals surface area (Å²) in [6.07, 6.45) is 3.72. The van der Waals surface area contributed by atoms with Gasteiger partial charge in [-0.3, -0.25) is 9.48 Å². The summed E-state index contributed by atoms with van der Waals surface area (Å²) in [6.45, 7) is 1.67. The molecule has 1 aromatic heterocycles. The summed E-state index contributed by atoms with van der Waals surface area (Å²) in [5.41, 5.74) is 0.889. The minimum atomic E-state index is -0.175. The number of carbonyl (C=O) groups is 1. The van der Waals surface area contributed by atoms with Crippen molar-refractivity contribution >= 4 is 5.78 Å². The maximum Gasteiger partial charge on any atom is 0.141 e. The van der Waals surface area contributed by atoms with E-state index in [0.717, 1.165) is 18.5 Å². The fourth-order valence-electron chi connectivity index (χ4n) is 1.76. The van der Waals surface area contributed by atoms with Crippen molar-refractivity contribution in [1.29, 1.82) is 0 Å². The number of aromatic nitrogens is 2. The van der Waals surface area contributed by atoms with E-state index in [1.54, 1.807) is 17.8 Å². The highest BCUT2D eigenvalue weighted by Gasteiger charge is 2.50. The molecule has 0 N–H and O–H groups in total. The molecule has 2 rings (SSSR count). The highest BCUT2D eigenvalue weighted by atomic mass is 16.1. The lowest BCUT2D eigenvalue weighted by Gasteiger charge is -2.10. The minimum Gasteiger partial charge on any atom is -0.299 e. The summed E-state index contributed by atoms with van der Waals surface area (Å²) in [5, 5.41) is 4.07. The molecule has 1 saturated carbocycles. The third-order valence-electron chi connectivity index (χ3n) is 2.74. The van der Waals surface area contributed by atoms with Crippen LogP contribution in [-0.4, -0.2) is 15.6 Å². The van der Waals surface area contributed by atoms with Gasteiger partial charge in [-0.25, -0.2) is 0 Å². The second kappa shape index (κ2) is 2.19. The number of carbonyl (C=O) groups excluding carboxylic acids is 1. The monoisotopic (exact) mass is 164 g/mol. The molecule has 1 fully saturated rings. The van der Waals surface area contributed by atoms with E-state index in [1.807, 2.05) is 13.1 Å². The summed E-state index contributed by atoms with van der Waals surface area (Å²) in [4.78, 5) is 11.3. The van der Waals surface area contributed by atoms with Crippen molar-refractivity contribution in [3.8, 4) is 0 Å². The Morgan fingerprint density at radius 1 is 1.67 bits per heavy atom. The lowest BCUT2D eigenvalue weighted by atomic mass is 9.98. The van der Waals surface area contributed by atoms with Crippen LogP contribution in [0, 0.1) is 0 Å². The maximum atomic E-state index is 11.3. The largest absolute Gasteiger partial charge is 0.299 e. The molecule has 1 aliphatic carbocycles. The molecule has 1 aliphatic rings. The molecule has 0 aliphatic heterocycles. The third-order valence-corrected chi connectivity index (χ3v) is 2.74. The van der Waals surface area contributed by atoms with E-state index >= 15 is 0 Å². The topological polar surface area (TPSA) is 34.9 Å². The van der Waals surface area contributed by atoms with E-state index in [1.165, 1.54) is 0 Å². The molecule has 0 amide bonds. The summed E-state index contributed by atoms with van der Waals surface area (Å²) in [7, 11) is 1.89. The standard InChI is InChI=1S/C9H12N2O/c1-7(12)9(4-5-9)8-3-6-10-11(8)2/h3,6H,4-5H2,1-2H3. The van der Waals surface area contributed by atoms with Crippen LogP contribution < -0.4 is 0 Å². The molecular weight excluding hydrogens is 152 g/mol. The fourth-order valence-corrected chi connectivity index (χ4v) is 1.76. The zero-order valence-corrected chi connectivity index (χ0v) is 7.37. The van der Waals surface area contributed by atoms with Gasteiger partial charge in [-0.15, -0.1) is 0 Å². The molecule has 3 nitrogen and oxygen atoms in total. The zero-order chi connectivity index (χ0) is 8.77. The smallest absolute Gasteiger partial charge is 0.141 e. The molecule has 0 atom stereocenters. The predicted molar refractivity (Wildman–Crippen MR) is 44.8 cm³/mol. The number of ketones is 1. The number of rotatable bonds is 2. The zero-order valence-electron chi connectivity index (χ0n) is 7.37. The molecule has 0 unspecified atom stereocenters. The SMILES string of the molecule is CC(=O)C1(c2ccnn2C)CC1. The van der Waals surface area contributed by atoms with Crippen LogP contribution in [0.5, 0.6) is 0 Å². The van der Waals surface area contributed by atoms with Gasteiger partial charge in [0, 0.05) is 13.2 Å². The van der Waals surface area contributed by atoms with E-state index in [4.69, 9.17) is 0 Å². The Hall–Kier alpha value is -1.12. The molecule has 0 spiro atoms. The van der Waals surface area contributed by atoms with E-state index in [9.17, 15) is 4.79 Å². The van der Waals surface area contributed by atoms with Crippen molar-refractivity contribution in [3.05, 3.63) is 18.0 Å². The molecular formula is C9H12N2O. The predicted octanol–water partition coefficient (Wildman–Crippen LogP) is 1.04. The molecule has 0 saturated heterocycles. The van der Waals surface area contributed by atoms with Gasteiger partial charge in [-0.2, -0.15) is 5.10 Å². The van der Waals surface area contributed by atoms with Crippen LogP contribution >= 0.6 is 0 Å². The van der Waals surface area contributed by atoms with Crippen molar-refractivity contribution < 1.29 is 4.79 Å². The van der Waals surface area contributed by atoms with Gasteiger partial charge in [0.1, 0.15) is 5.78 Å². The first-order valence-corrected chi connectivity index (χ1v) is 4.16. The summed E-state index contributed by atoms with van der Waals surface area (Å²) >= 11 is 0. The van der Waals surface area contributed by atoms with Crippen molar-refractivity contribution in [2.75, 3.05) is 0 Å². The van der Waals surface area contributed by atoms with Crippen molar-refractivity contribution in [2.45, 2.75) is 25.2 Å². The van der Waals surface area contributed by atoms with Gasteiger partial charge in [0.2, 0.25) is 0 Å². The average Bonchev–Trinajstić information content (AvgIpc) is 2.71. The van der Waals surface area contributed by atoms with E-state index in [2.05, 4.69) is 5.10 Å². The van der Waals surface area contributed by atoms with E-state index in [0.29, 0.717) is 0 Å². The Balaban J connectivity index is 2.43. The first-order chi connectivity index (χ1) is 5.67. The van der Waals surface area contributed by atoms with Gasteiger partial charge >= 0.3 is 0 Å². The number of hydrogen-bond acceptors (Lipinski definition) is 2. The lowest BCUT2D eigenvalue weighted by Crippen LogP contribution is -2.20. The third kappa shape index (κ3) is 0.823. The number of aryl methyl sites for hydroxylation is 1. The Bertz CT molecular complexity index is 323. The number of Topliss-reactive ketones (excluding diaryl/α,β-unsaturated/α-hetero) is 1. The van der Waals surface area contributed by atoms with Gasteiger partial charge in [-0.05, 0) is 25.8 Å². The molecule has 64 valence electrons. The van der Waals surface area contributed by atoms with Crippen LogP contribution in [-0.2, 0) is 17.3 Å². The Labute approximate surface area is 71.4 Å². The molecule has 1 aromatic rings. The quantitative estimate of drug-likeness (QED) is 0.654. The summed E-state index contributed by atoms with van der Waals surface area (Å²) in [5.74, 6) is 0.270. The first kappa shape index (κ1) is 7.53. The van der Waals surface area contributed by atoms with Gasteiger partial charge in [0.15, 0.2) is 0 Å². The van der Waals surface area contributed by atoms with E-state index in [-0.39, 0.29) is 11.2 Å². The minimum absolute atomic E-state index is 0.175. The summed E-state index contributed by atoms with van der Waals surface area (Å²) in [6, 6.07) is 1.94. The highest BCUT2D eigenvalue weighted by molar-refractivity contribution is 5.90. The average molecular weight is 164 g/mol. The van der Waals surface area contributed by atoms with Gasteiger partial charge in [-0.1, -0.05) is 0 Å². The van der Waals surface area contributed by atoms with Crippen LogP contribution in [0.25, 0.3) is 0 Å². The second-order valence-electron chi connectivity index (χ2n) is 3.48. The summed E-state index contributed by atoms with van der Waals surface area (Å²) < 4.78 is 1.80. The van der Waals surface area contributed by atoms with Crippen molar-refractivity contribution in [1.82, 2.24) is 9.78 Å². The van der Waals surface area contributed by atoms with Crippen LogP contribution in [0.15, 0.2) is 12.3 Å².